The summed E-state index contributed by atoms with van der Waals surface area (Å²) in [5.74, 6) is 0. The van der Waals surface area contributed by atoms with Crippen LogP contribution in [0.3, 0.4) is 0 Å². The predicted molar refractivity (Wildman–Crippen MR) is 79.8 cm³/mol. The minimum Gasteiger partial charge on any atom is -0.384 e. The molecule has 3 aromatic rings. The average molecular weight is 285 g/mol. The molecular formula is C16H13ClN2O. The van der Waals surface area contributed by atoms with Crippen LogP contribution in [0, 0.1) is 6.92 Å². The first-order valence-corrected chi connectivity index (χ1v) is 6.68. The Morgan fingerprint density at radius 2 is 1.90 bits per heavy atom. The molecule has 0 saturated carbocycles. The van der Waals surface area contributed by atoms with Crippen LogP contribution < -0.4 is 0 Å². The number of benzene rings is 2. The van der Waals surface area contributed by atoms with Gasteiger partial charge in [0.1, 0.15) is 6.10 Å². The summed E-state index contributed by atoms with van der Waals surface area (Å²) in [5, 5.41) is 11.2. The van der Waals surface area contributed by atoms with E-state index in [1.165, 1.54) is 0 Å². The second kappa shape index (κ2) is 5.19. The predicted octanol–water partition coefficient (Wildman–Crippen LogP) is 3.67. The summed E-state index contributed by atoms with van der Waals surface area (Å²) >= 11 is 6.12. The Bertz CT molecular complexity index is 768. The smallest absolute Gasteiger partial charge is 0.106 e. The van der Waals surface area contributed by atoms with Crippen molar-refractivity contribution in [3.8, 4) is 0 Å². The van der Waals surface area contributed by atoms with Crippen LogP contribution in [0.5, 0.6) is 0 Å². The summed E-state index contributed by atoms with van der Waals surface area (Å²) in [4.78, 5) is 8.56. The van der Waals surface area contributed by atoms with Gasteiger partial charge in [-0.05, 0) is 30.2 Å². The number of nitrogens with zero attached hydrogens (tertiary/aromatic N) is 2. The summed E-state index contributed by atoms with van der Waals surface area (Å²) < 4.78 is 0. The summed E-state index contributed by atoms with van der Waals surface area (Å²) in [6.07, 6.45) is 2.50. The second-order valence-corrected chi connectivity index (χ2v) is 5.09. The molecule has 0 fully saturated rings. The van der Waals surface area contributed by atoms with Crippen LogP contribution in [0.2, 0.25) is 5.02 Å². The molecular weight excluding hydrogens is 272 g/mol. The molecule has 1 atom stereocenters. The van der Waals surface area contributed by atoms with E-state index in [1.807, 2.05) is 37.3 Å². The van der Waals surface area contributed by atoms with Gasteiger partial charge >= 0.3 is 0 Å². The molecule has 1 N–H and O–H groups in total. The molecule has 20 heavy (non-hydrogen) atoms. The Hall–Kier alpha value is -1.97. The second-order valence-electron chi connectivity index (χ2n) is 4.68. The quantitative estimate of drug-likeness (QED) is 0.781. The molecule has 0 aliphatic heterocycles. The molecule has 0 bridgehead atoms. The lowest BCUT2D eigenvalue weighted by Gasteiger charge is -2.14. The van der Waals surface area contributed by atoms with Gasteiger partial charge in [0.15, 0.2) is 0 Å². The number of aliphatic hydroxyl groups is 1. The highest BCUT2D eigenvalue weighted by molar-refractivity contribution is 6.31. The third-order valence-electron chi connectivity index (χ3n) is 3.34. The normalized spacial score (nSPS) is 12.6. The van der Waals surface area contributed by atoms with Gasteiger partial charge < -0.3 is 5.11 Å². The van der Waals surface area contributed by atoms with Crippen molar-refractivity contribution >= 4 is 22.6 Å². The third-order valence-corrected chi connectivity index (χ3v) is 3.74. The molecule has 0 aliphatic rings. The molecule has 0 saturated heterocycles. The summed E-state index contributed by atoms with van der Waals surface area (Å²) in [7, 11) is 0. The summed E-state index contributed by atoms with van der Waals surface area (Å²) in [6, 6.07) is 11.2. The SMILES string of the molecule is Cc1ccc(C(O)c2cccc3nccnc23)cc1Cl. The number of para-hydroxylation sites is 1. The van der Waals surface area contributed by atoms with E-state index < -0.39 is 6.10 Å². The maximum Gasteiger partial charge on any atom is 0.106 e. The van der Waals surface area contributed by atoms with E-state index in [9.17, 15) is 5.11 Å². The molecule has 1 heterocycles. The van der Waals surface area contributed by atoms with Crippen molar-refractivity contribution < 1.29 is 5.11 Å². The number of halogens is 1. The number of hydrogen-bond acceptors (Lipinski definition) is 3. The molecule has 1 aromatic heterocycles. The molecule has 2 aromatic carbocycles. The average Bonchev–Trinajstić information content (AvgIpc) is 2.49. The van der Waals surface area contributed by atoms with Crippen LogP contribution in [0.25, 0.3) is 11.0 Å². The molecule has 3 rings (SSSR count). The van der Waals surface area contributed by atoms with Gasteiger partial charge in [-0.25, -0.2) is 0 Å². The number of aliphatic hydroxyl groups excluding tert-OH is 1. The molecule has 4 heteroatoms. The lowest BCUT2D eigenvalue weighted by atomic mass is 9.99. The minimum absolute atomic E-state index is 0.646. The van der Waals surface area contributed by atoms with Crippen molar-refractivity contribution in [2.45, 2.75) is 13.0 Å². The van der Waals surface area contributed by atoms with E-state index in [1.54, 1.807) is 18.5 Å². The van der Waals surface area contributed by atoms with Gasteiger partial charge in [-0.1, -0.05) is 35.9 Å². The first-order valence-electron chi connectivity index (χ1n) is 6.30. The molecule has 0 spiro atoms. The zero-order valence-electron chi connectivity index (χ0n) is 10.9. The zero-order chi connectivity index (χ0) is 14.1. The maximum absolute atomic E-state index is 10.6. The summed E-state index contributed by atoms with van der Waals surface area (Å²) in [5.41, 5.74) is 3.94. The van der Waals surface area contributed by atoms with Gasteiger partial charge in [0.2, 0.25) is 0 Å². The van der Waals surface area contributed by atoms with Crippen molar-refractivity contribution in [3.63, 3.8) is 0 Å². The molecule has 1 unspecified atom stereocenters. The van der Waals surface area contributed by atoms with Crippen molar-refractivity contribution in [1.29, 1.82) is 0 Å². The van der Waals surface area contributed by atoms with Crippen molar-refractivity contribution in [2.24, 2.45) is 0 Å². The van der Waals surface area contributed by atoms with Crippen molar-refractivity contribution in [3.05, 3.63) is 70.5 Å². The lowest BCUT2D eigenvalue weighted by molar-refractivity contribution is 0.221. The first kappa shape index (κ1) is 13.0. The fourth-order valence-electron chi connectivity index (χ4n) is 2.19. The monoisotopic (exact) mass is 284 g/mol. The van der Waals surface area contributed by atoms with E-state index in [0.29, 0.717) is 10.5 Å². The van der Waals surface area contributed by atoms with Crippen molar-refractivity contribution in [2.75, 3.05) is 0 Å². The zero-order valence-corrected chi connectivity index (χ0v) is 11.7. The number of fused-ring (bicyclic) bond motifs is 1. The molecule has 0 amide bonds. The van der Waals surface area contributed by atoms with Crippen LogP contribution in [0.1, 0.15) is 22.8 Å². The fraction of sp³-hybridized carbons (Fsp3) is 0.125. The van der Waals surface area contributed by atoms with E-state index in [2.05, 4.69) is 9.97 Å². The van der Waals surface area contributed by atoms with Gasteiger partial charge in [-0.3, -0.25) is 9.97 Å². The van der Waals surface area contributed by atoms with Crippen LogP contribution >= 0.6 is 11.6 Å². The Kier molecular flexibility index (Phi) is 3.38. The Morgan fingerprint density at radius 3 is 2.70 bits per heavy atom. The minimum atomic E-state index is -0.770. The first-order chi connectivity index (χ1) is 9.66. The highest BCUT2D eigenvalue weighted by atomic mass is 35.5. The lowest BCUT2D eigenvalue weighted by Crippen LogP contribution is -2.02. The Morgan fingerprint density at radius 1 is 1.10 bits per heavy atom. The molecule has 0 radical (unpaired) electrons. The van der Waals surface area contributed by atoms with Gasteiger partial charge in [-0.15, -0.1) is 0 Å². The molecule has 0 aliphatic carbocycles. The van der Waals surface area contributed by atoms with Crippen LogP contribution in [-0.2, 0) is 0 Å². The van der Waals surface area contributed by atoms with Crippen LogP contribution in [-0.4, -0.2) is 15.1 Å². The van der Waals surface area contributed by atoms with Crippen molar-refractivity contribution in [1.82, 2.24) is 9.97 Å². The van der Waals surface area contributed by atoms with Gasteiger partial charge in [0.05, 0.1) is 11.0 Å². The highest BCUT2D eigenvalue weighted by Gasteiger charge is 2.15. The largest absolute Gasteiger partial charge is 0.384 e. The van der Waals surface area contributed by atoms with Crippen LogP contribution in [0.4, 0.5) is 0 Å². The van der Waals surface area contributed by atoms with Gasteiger partial charge in [0, 0.05) is 23.0 Å². The fourth-order valence-corrected chi connectivity index (χ4v) is 2.38. The number of aromatic nitrogens is 2. The number of rotatable bonds is 2. The summed E-state index contributed by atoms with van der Waals surface area (Å²) in [6.45, 7) is 1.93. The number of aryl methyl sites for hydroxylation is 1. The standard InChI is InChI=1S/C16H13ClN2O/c1-10-5-6-11(9-13(10)17)16(20)12-3-2-4-14-15(12)19-8-7-18-14/h2-9,16,20H,1H3. The molecule has 3 nitrogen and oxygen atoms in total. The Labute approximate surface area is 121 Å². The van der Waals surface area contributed by atoms with Gasteiger partial charge in [0.25, 0.3) is 0 Å². The molecule has 100 valence electrons. The van der Waals surface area contributed by atoms with Gasteiger partial charge in [-0.2, -0.15) is 0 Å². The third kappa shape index (κ3) is 2.26. The van der Waals surface area contributed by atoms with E-state index >= 15 is 0 Å². The van der Waals surface area contributed by atoms with E-state index in [0.717, 1.165) is 22.2 Å². The van der Waals surface area contributed by atoms with Crippen LogP contribution in [0.15, 0.2) is 48.8 Å². The topological polar surface area (TPSA) is 46.0 Å². The Balaban J connectivity index is 2.12. The van der Waals surface area contributed by atoms with E-state index in [-0.39, 0.29) is 0 Å². The number of hydrogen-bond donors (Lipinski definition) is 1. The maximum atomic E-state index is 10.6. The van der Waals surface area contributed by atoms with E-state index in [4.69, 9.17) is 11.6 Å². The highest BCUT2D eigenvalue weighted by Crippen LogP contribution is 2.29.